The summed E-state index contributed by atoms with van der Waals surface area (Å²) in [6.45, 7) is 8.27. The number of carbonyl (C=O) groups excluding carboxylic acids is 2. The second kappa shape index (κ2) is 6.20. The van der Waals surface area contributed by atoms with E-state index in [0.29, 0.717) is 12.8 Å². The van der Waals surface area contributed by atoms with Crippen LogP contribution < -0.4 is 10.6 Å². The summed E-state index contributed by atoms with van der Waals surface area (Å²) in [5.74, 6) is 0.0302. The Bertz CT molecular complexity index is 788. The van der Waals surface area contributed by atoms with Crippen molar-refractivity contribution in [3.05, 3.63) is 34.7 Å². The van der Waals surface area contributed by atoms with Crippen molar-refractivity contribution in [2.24, 2.45) is 5.41 Å². The first-order valence-corrected chi connectivity index (χ1v) is 9.17. The summed E-state index contributed by atoms with van der Waals surface area (Å²) in [5, 5.41) is 7.36. The lowest BCUT2D eigenvalue weighted by atomic mass is 9.78. The van der Waals surface area contributed by atoms with E-state index < -0.39 is 0 Å². The van der Waals surface area contributed by atoms with Crippen LogP contribution in [0.3, 0.4) is 0 Å². The summed E-state index contributed by atoms with van der Waals surface area (Å²) in [5.41, 5.74) is 0.920. The topological polar surface area (TPSA) is 58.2 Å². The van der Waals surface area contributed by atoms with Gasteiger partial charge in [-0.1, -0.05) is 39.0 Å². The Morgan fingerprint density at radius 1 is 1.29 bits per heavy atom. The minimum Gasteiger partial charge on any atom is -0.351 e. The van der Waals surface area contributed by atoms with E-state index in [1.807, 2.05) is 25.1 Å². The molecule has 2 aromatic rings. The van der Waals surface area contributed by atoms with Crippen molar-refractivity contribution in [1.29, 1.82) is 0 Å². The second-order valence-electron chi connectivity index (χ2n) is 7.58. The van der Waals surface area contributed by atoms with Gasteiger partial charge in [0, 0.05) is 11.1 Å². The van der Waals surface area contributed by atoms with E-state index in [0.717, 1.165) is 20.5 Å². The fourth-order valence-corrected chi connectivity index (χ4v) is 4.51. The molecule has 1 aromatic heterocycles. The number of nitrogens with one attached hydrogen (secondary N) is 2. The molecule has 1 aliphatic rings. The molecule has 2 amide bonds. The lowest BCUT2D eigenvalue weighted by Crippen LogP contribution is -2.60. The number of amides is 2. The molecule has 4 nitrogen and oxygen atoms in total. The highest BCUT2D eigenvalue weighted by molar-refractivity contribution is 7.21. The molecule has 1 fully saturated rings. The molecule has 5 heteroatoms. The molecule has 24 heavy (non-hydrogen) atoms. The standard InChI is InChI=1S/C19H24N2O2S/c1-11-12-7-5-6-8-14(12)24-16(11)18(23)20-13-9-10-15(22)21-17(13)19(2,3)4/h5-8,13,17H,9-10H2,1-4H3,(H,20,23)(H,21,22)/t13-,17-/m1/s1. The van der Waals surface area contributed by atoms with E-state index in [1.165, 1.54) is 11.3 Å². The van der Waals surface area contributed by atoms with Gasteiger partial charge in [-0.3, -0.25) is 9.59 Å². The number of hydrogen-bond acceptors (Lipinski definition) is 3. The predicted molar refractivity (Wildman–Crippen MR) is 98.4 cm³/mol. The third kappa shape index (κ3) is 3.18. The average molecular weight is 344 g/mol. The molecular weight excluding hydrogens is 320 g/mol. The summed E-state index contributed by atoms with van der Waals surface area (Å²) in [6, 6.07) is 7.99. The first kappa shape index (κ1) is 17.0. The van der Waals surface area contributed by atoms with Crippen LogP contribution in [0.5, 0.6) is 0 Å². The molecule has 128 valence electrons. The Balaban J connectivity index is 1.84. The molecule has 0 aliphatic carbocycles. The molecule has 1 saturated heterocycles. The van der Waals surface area contributed by atoms with Crippen molar-refractivity contribution in [3.63, 3.8) is 0 Å². The van der Waals surface area contributed by atoms with E-state index in [9.17, 15) is 9.59 Å². The Kier molecular flexibility index (Phi) is 4.38. The molecule has 2 heterocycles. The average Bonchev–Trinajstić information content (AvgIpc) is 2.86. The zero-order valence-electron chi connectivity index (χ0n) is 14.6. The highest BCUT2D eigenvalue weighted by Crippen LogP contribution is 2.31. The minimum absolute atomic E-state index is 0.0379. The van der Waals surface area contributed by atoms with Crippen LogP contribution in [0.4, 0.5) is 0 Å². The number of piperidine rings is 1. The monoisotopic (exact) mass is 344 g/mol. The van der Waals surface area contributed by atoms with Gasteiger partial charge in [-0.15, -0.1) is 11.3 Å². The van der Waals surface area contributed by atoms with Gasteiger partial charge in [0.25, 0.3) is 5.91 Å². The zero-order chi connectivity index (χ0) is 17.5. The molecule has 2 atom stereocenters. The van der Waals surface area contributed by atoms with Gasteiger partial charge in [0.1, 0.15) is 0 Å². The number of fused-ring (bicyclic) bond motifs is 1. The summed E-state index contributed by atoms with van der Waals surface area (Å²) in [6.07, 6.45) is 1.15. The predicted octanol–water partition coefficient (Wildman–Crippen LogP) is 3.63. The minimum atomic E-state index is -0.108. The van der Waals surface area contributed by atoms with Crippen LogP contribution in [-0.4, -0.2) is 23.9 Å². The van der Waals surface area contributed by atoms with Gasteiger partial charge in [-0.05, 0) is 35.8 Å². The lowest BCUT2D eigenvalue weighted by Gasteiger charge is -2.41. The highest BCUT2D eigenvalue weighted by Gasteiger charge is 2.38. The SMILES string of the molecule is Cc1c(C(=O)N[C@@H]2CCC(=O)N[C@H]2C(C)(C)C)sc2ccccc12. The van der Waals surface area contributed by atoms with Gasteiger partial charge >= 0.3 is 0 Å². The van der Waals surface area contributed by atoms with E-state index in [2.05, 4.69) is 37.5 Å². The van der Waals surface area contributed by atoms with Crippen LogP contribution in [0.2, 0.25) is 0 Å². The molecule has 3 rings (SSSR count). The van der Waals surface area contributed by atoms with Crippen LogP contribution in [0, 0.1) is 12.3 Å². The maximum absolute atomic E-state index is 12.8. The van der Waals surface area contributed by atoms with Gasteiger partial charge in [0.05, 0.1) is 17.0 Å². The zero-order valence-corrected chi connectivity index (χ0v) is 15.4. The van der Waals surface area contributed by atoms with E-state index in [-0.39, 0.29) is 29.3 Å². The summed E-state index contributed by atoms with van der Waals surface area (Å²) in [7, 11) is 0. The largest absolute Gasteiger partial charge is 0.351 e. The van der Waals surface area contributed by atoms with Gasteiger partial charge in [-0.2, -0.15) is 0 Å². The van der Waals surface area contributed by atoms with Crippen molar-refractivity contribution in [2.75, 3.05) is 0 Å². The van der Waals surface area contributed by atoms with E-state index >= 15 is 0 Å². The third-order valence-electron chi connectivity index (χ3n) is 4.70. The molecule has 1 aromatic carbocycles. The van der Waals surface area contributed by atoms with Crippen molar-refractivity contribution in [3.8, 4) is 0 Å². The molecule has 0 radical (unpaired) electrons. The van der Waals surface area contributed by atoms with E-state index in [4.69, 9.17) is 0 Å². The van der Waals surface area contributed by atoms with Gasteiger partial charge in [0.2, 0.25) is 5.91 Å². The maximum Gasteiger partial charge on any atom is 0.261 e. The van der Waals surface area contributed by atoms with Crippen molar-refractivity contribution in [1.82, 2.24) is 10.6 Å². The smallest absolute Gasteiger partial charge is 0.261 e. The van der Waals surface area contributed by atoms with Crippen LogP contribution in [0.1, 0.15) is 48.8 Å². The Morgan fingerprint density at radius 3 is 2.67 bits per heavy atom. The number of aryl methyl sites for hydroxylation is 1. The summed E-state index contributed by atoms with van der Waals surface area (Å²) < 4.78 is 1.13. The number of rotatable bonds is 2. The summed E-state index contributed by atoms with van der Waals surface area (Å²) >= 11 is 1.53. The van der Waals surface area contributed by atoms with Crippen LogP contribution in [-0.2, 0) is 4.79 Å². The molecule has 2 N–H and O–H groups in total. The summed E-state index contributed by atoms with van der Waals surface area (Å²) in [4.78, 5) is 25.4. The molecule has 0 unspecified atom stereocenters. The molecule has 0 bridgehead atoms. The lowest BCUT2D eigenvalue weighted by molar-refractivity contribution is -0.125. The highest BCUT2D eigenvalue weighted by atomic mass is 32.1. The fourth-order valence-electron chi connectivity index (χ4n) is 3.40. The third-order valence-corrected chi connectivity index (χ3v) is 5.97. The molecular formula is C19H24N2O2S. The van der Waals surface area contributed by atoms with Crippen LogP contribution in [0.15, 0.2) is 24.3 Å². The molecule has 1 aliphatic heterocycles. The van der Waals surface area contributed by atoms with Crippen molar-refractivity contribution in [2.45, 2.75) is 52.6 Å². The number of hydrogen-bond donors (Lipinski definition) is 2. The normalized spacial score (nSPS) is 21.6. The number of carbonyl (C=O) groups is 2. The second-order valence-corrected chi connectivity index (χ2v) is 8.63. The number of benzene rings is 1. The van der Waals surface area contributed by atoms with Crippen LogP contribution >= 0.6 is 11.3 Å². The maximum atomic E-state index is 12.8. The van der Waals surface area contributed by atoms with Gasteiger partial charge in [-0.25, -0.2) is 0 Å². The quantitative estimate of drug-likeness (QED) is 0.874. The van der Waals surface area contributed by atoms with E-state index in [1.54, 1.807) is 0 Å². The van der Waals surface area contributed by atoms with Gasteiger partial charge < -0.3 is 10.6 Å². The first-order chi connectivity index (χ1) is 11.3. The first-order valence-electron chi connectivity index (χ1n) is 8.36. The fraction of sp³-hybridized carbons (Fsp3) is 0.474. The van der Waals surface area contributed by atoms with Gasteiger partial charge in [0.15, 0.2) is 0 Å². The van der Waals surface area contributed by atoms with Crippen LogP contribution in [0.25, 0.3) is 10.1 Å². The molecule has 0 spiro atoms. The Labute approximate surface area is 146 Å². The Hall–Kier alpha value is -1.88. The van der Waals surface area contributed by atoms with Crippen molar-refractivity contribution < 1.29 is 9.59 Å². The number of thiophene rings is 1. The molecule has 0 saturated carbocycles. The van der Waals surface area contributed by atoms with Crippen molar-refractivity contribution >= 4 is 33.2 Å². The Morgan fingerprint density at radius 2 is 2.00 bits per heavy atom.